The molecule has 5 nitrogen and oxygen atoms in total. The van der Waals surface area contributed by atoms with Gasteiger partial charge in [0.1, 0.15) is 0 Å². The lowest BCUT2D eigenvalue weighted by Crippen LogP contribution is -2.17. The lowest BCUT2D eigenvalue weighted by molar-refractivity contribution is -0.109. The first-order valence-electron chi connectivity index (χ1n) is 2.95. The summed E-state index contributed by atoms with van der Waals surface area (Å²) in [6.07, 6.45) is 2.29. The number of ketones is 2. The molecule has 1 aromatic heterocycles. The smallest absolute Gasteiger partial charge is 0.244 e. The number of aromatic amines is 1. The molecule has 0 saturated carbocycles. The maximum Gasteiger partial charge on any atom is 0.244 e. The van der Waals surface area contributed by atoms with Gasteiger partial charge in [0.15, 0.2) is 5.82 Å². The van der Waals surface area contributed by atoms with Gasteiger partial charge < -0.3 is 0 Å². The molecule has 0 saturated heterocycles. The zero-order valence-corrected chi connectivity index (χ0v) is 5.37. The molecule has 1 aliphatic rings. The van der Waals surface area contributed by atoms with Crippen LogP contribution in [0.2, 0.25) is 0 Å². The first-order valence-corrected chi connectivity index (χ1v) is 2.95. The number of carbonyl (C=O) groups is 2. The van der Waals surface area contributed by atoms with E-state index in [1.165, 1.54) is 6.20 Å². The molecule has 11 heavy (non-hydrogen) atoms. The van der Waals surface area contributed by atoms with Crippen molar-refractivity contribution in [3.8, 4) is 0 Å². The van der Waals surface area contributed by atoms with Crippen LogP contribution >= 0.6 is 0 Å². The highest BCUT2D eigenvalue weighted by Gasteiger charge is 2.23. The summed E-state index contributed by atoms with van der Waals surface area (Å²) in [5.74, 6) is -0.794. The Labute approximate surface area is 61.1 Å². The molecular formula is C6H3N3O2. The van der Waals surface area contributed by atoms with E-state index >= 15 is 0 Å². The second-order valence-corrected chi connectivity index (χ2v) is 2.08. The van der Waals surface area contributed by atoms with E-state index in [1.807, 2.05) is 0 Å². The first kappa shape index (κ1) is 5.96. The molecule has 1 aliphatic heterocycles. The number of nitrogens with zero attached hydrogens (tertiary/aromatic N) is 2. The van der Waals surface area contributed by atoms with Gasteiger partial charge in [-0.15, -0.1) is 0 Å². The molecule has 0 radical (unpaired) electrons. The number of Topliss-reactive ketones (excluding diaryl/α,β-unsaturated/α-hetero) is 2. The maximum absolute atomic E-state index is 11.0. The molecule has 5 heteroatoms. The van der Waals surface area contributed by atoms with Crippen LogP contribution in [0.5, 0.6) is 0 Å². The van der Waals surface area contributed by atoms with Crippen LogP contribution in [0.15, 0.2) is 11.2 Å². The molecule has 0 atom stereocenters. The van der Waals surface area contributed by atoms with Gasteiger partial charge in [-0.3, -0.25) is 14.7 Å². The summed E-state index contributed by atoms with van der Waals surface area (Å²) >= 11 is 0. The number of nitrogens with one attached hydrogen (secondary N) is 1. The Bertz CT molecular complexity index is 364. The van der Waals surface area contributed by atoms with Gasteiger partial charge in [-0.05, 0) is 0 Å². The first-order chi connectivity index (χ1) is 5.29. The Morgan fingerprint density at radius 1 is 1.36 bits per heavy atom. The molecular weight excluding hydrogens is 146 g/mol. The zero-order valence-electron chi connectivity index (χ0n) is 5.37. The van der Waals surface area contributed by atoms with Crippen LogP contribution < -0.4 is 0 Å². The van der Waals surface area contributed by atoms with Crippen molar-refractivity contribution in [1.82, 2.24) is 10.2 Å². The van der Waals surface area contributed by atoms with E-state index in [-0.39, 0.29) is 5.56 Å². The third-order valence-electron chi connectivity index (χ3n) is 1.40. The maximum atomic E-state index is 11.0. The van der Waals surface area contributed by atoms with Gasteiger partial charge in [0.25, 0.3) is 0 Å². The number of aromatic nitrogens is 2. The second-order valence-electron chi connectivity index (χ2n) is 2.08. The van der Waals surface area contributed by atoms with E-state index in [0.717, 1.165) is 6.21 Å². The molecule has 0 unspecified atom stereocenters. The predicted molar refractivity (Wildman–Crippen MR) is 36.1 cm³/mol. The average molecular weight is 149 g/mol. The van der Waals surface area contributed by atoms with Gasteiger partial charge in [-0.2, -0.15) is 5.10 Å². The molecule has 2 heterocycles. The normalized spacial score (nSPS) is 15.3. The largest absolute Gasteiger partial charge is 0.285 e. The quantitative estimate of drug-likeness (QED) is 0.522. The van der Waals surface area contributed by atoms with Gasteiger partial charge >= 0.3 is 0 Å². The number of rotatable bonds is 0. The van der Waals surface area contributed by atoms with E-state index < -0.39 is 11.6 Å². The number of aliphatic imine (C=N–C) groups is 1. The standard InChI is InChI=1S/C6H3N3O2/c10-4-2-7-6-3(5(4)11)1-8-9-6/h1-2H,(H,8,9). The van der Waals surface area contributed by atoms with Crippen molar-refractivity contribution < 1.29 is 9.59 Å². The van der Waals surface area contributed by atoms with Crippen LogP contribution in [-0.2, 0) is 4.79 Å². The van der Waals surface area contributed by atoms with E-state index in [4.69, 9.17) is 0 Å². The fourth-order valence-electron chi connectivity index (χ4n) is 0.858. The van der Waals surface area contributed by atoms with Crippen molar-refractivity contribution in [3.05, 3.63) is 11.8 Å². The number of H-pyrrole nitrogens is 1. The topological polar surface area (TPSA) is 75.2 Å². The van der Waals surface area contributed by atoms with Gasteiger partial charge in [-0.1, -0.05) is 0 Å². The Hall–Kier alpha value is -1.78. The summed E-state index contributed by atoms with van der Waals surface area (Å²) in [5.41, 5.74) is 0.248. The van der Waals surface area contributed by atoms with Crippen LogP contribution in [0.3, 0.4) is 0 Å². The van der Waals surface area contributed by atoms with Crippen LogP contribution in [0.25, 0.3) is 0 Å². The molecule has 1 aromatic rings. The molecule has 1 N–H and O–H groups in total. The Morgan fingerprint density at radius 2 is 2.18 bits per heavy atom. The highest BCUT2D eigenvalue weighted by Crippen LogP contribution is 2.17. The minimum atomic E-state index is -0.598. The van der Waals surface area contributed by atoms with Gasteiger partial charge in [0.2, 0.25) is 11.6 Å². The van der Waals surface area contributed by atoms with E-state index in [2.05, 4.69) is 15.2 Å². The van der Waals surface area contributed by atoms with E-state index in [0.29, 0.717) is 5.82 Å². The van der Waals surface area contributed by atoms with Crippen molar-refractivity contribution in [2.24, 2.45) is 4.99 Å². The Balaban J connectivity index is 2.66. The fraction of sp³-hybridized carbons (Fsp3) is 0. The molecule has 0 amide bonds. The van der Waals surface area contributed by atoms with Crippen molar-refractivity contribution in [1.29, 1.82) is 0 Å². The summed E-state index contributed by atoms with van der Waals surface area (Å²) in [6.45, 7) is 0. The molecule has 2 rings (SSSR count). The van der Waals surface area contributed by atoms with Crippen LogP contribution in [0.1, 0.15) is 10.4 Å². The molecule has 0 bridgehead atoms. The van der Waals surface area contributed by atoms with Crippen LogP contribution in [0.4, 0.5) is 5.82 Å². The summed E-state index contributed by atoms with van der Waals surface area (Å²) in [5, 5.41) is 6.06. The van der Waals surface area contributed by atoms with Crippen molar-refractivity contribution in [2.45, 2.75) is 0 Å². The average Bonchev–Trinajstić information content (AvgIpc) is 2.45. The van der Waals surface area contributed by atoms with E-state index in [9.17, 15) is 9.59 Å². The highest BCUT2D eigenvalue weighted by molar-refractivity contribution is 6.64. The van der Waals surface area contributed by atoms with E-state index in [1.54, 1.807) is 0 Å². The van der Waals surface area contributed by atoms with Gasteiger partial charge in [-0.25, -0.2) is 4.99 Å². The monoisotopic (exact) mass is 149 g/mol. The molecule has 0 aromatic carbocycles. The number of carbonyl (C=O) groups excluding carboxylic acids is 2. The lowest BCUT2D eigenvalue weighted by Gasteiger charge is -1.98. The van der Waals surface area contributed by atoms with Crippen molar-refractivity contribution in [2.75, 3.05) is 0 Å². The number of fused-ring (bicyclic) bond motifs is 1. The highest BCUT2D eigenvalue weighted by atomic mass is 16.2. The lowest BCUT2D eigenvalue weighted by atomic mass is 10.1. The number of hydrogen-bond donors (Lipinski definition) is 1. The summed E-state index contributed by atoms with van der Waals surface area (Å²) in [4.78, 5) is 25.4. The molecule has 54 valence electrons. The van der Waals surface area contributed by atoms with Crippen LogP contribution in [-0.4, -0.2) is 28.0 Å². The predicted octanol–water partition coefficient (Wildman–Crippen LogP) is -0.123. The summed E-state index contributed by atoms with van der Waals surface area (Å²) in [6, 6.07) is 0. The summed E-state index contributed by atoms with van der Waals surface area (Å²) < 4.78 is 0. The third-order valence-corrected chi connectivity index (χ3v) is 1.40. The third kappa shape index (κ3) is 0.706. The van der Waals surface area contributed by atoms with Crippen molar-refractivity contribution in [3.63, 3.8) is 0 Å². The SMILES string of the molecule is O=C1C=Nc2[nH]ncc2C1=O. The minimum absolute atomic E-state index is 0.248. The van der Waals surface area contributed by atoms with Crippen molar-refractivity contribution >= 4 is 23.6 Å². The number of hydrogen-bond acceptors (Lipinski definition) is 4. The Morgan fingerprint density at radius 3 is 3.00 bits per heavy atom. The fourth-order valence-corrected chi connectivity index (χ4v) is 0.858. The van der Waals surface area contributed by atoms with Gasteiger partial charge in [0, 0.05) is 0 Å². The Kier molecular flexibility index (Phi) is 1.00. The molecule has 0 aliphatic carbocycles. The molecule has 0 fully saturated rings. The second kappa shape index (κ2) is 1.85. The minimum Gasteiger partial charge on any atom is -0.285 e. The van der Waals surface area contributed by atoms with Gasteiger partial charge in [0.05, 0.1) is 18.0 Å². The summed E-state index contributed by atoms with van der Waals surface area (Å²) in [7, 11) is 0. The van der Waals surface area contributed by atoms with Crippen LogP contribution in [0, 0.1) is 0 Å². The molecule has 0 spiro atoms. The zero-order chi connectivity index (χ0) is 7.84.